The predicted octanol–water partition coefficient (Wildman–Crippen LogP) is 3.62. The zero-order valence-corrected chi connectivity index (χ0v) is 19.9. The number of hydrogen-bond donors (Lipinski definition) is 1. The average Bonchev–Trinajstić information content (AvgIpc) is 2.79. The van der Waals surface area contributed by atoms with Crippen LogP contribution >= 0.6 is 0 Å². The highest BCUT2D eigenvalue weighted by atomic mass is 16.5. The van der Waals surface area contributed by atoms with Gasteiger partial charge in [0.15, 0.2) is 6.10 Å². The smallest absolute Gasteiger partial charge is 0.263 e. The Hall–Kier alpha value is -3.19. The summed E-state index contributed by atoms with van der Waals surface area (Å²) in [5, 5.41) is 0.874. The normalized spacial score (nSPS) is 16.1. The molecule has 0 saturated carbocycles. The summed E-state index contributed by atoms with van der Waals surface area (Å²) >= 11 is 0. The van der Waals surface area contributed by atoms with Crippen LogP contribution in [0.2, 0.25) is 0 Å². The summed E-state index contributed by atoms with van der Waals surface area (Å²) in [5.41, 5.74) is 8.29. The van der Waals surface area contributed by atoms with E-state index in [4.69, 9.17) is 10.5 Å². The number of nitrogens with two attached hydrogens (primary N) is 1. The van der Waals surface area contributed by atoms with Crippen molar-refractivity contribution in [3.63, 3.8) is 0 Å². The predicted molar refractivity (Wildman–Crippen MR) is 131 cm³/mol. The maximum Gasteiger partial charge on any atom is 0.263 e. The van der Waals surface area contributed by atoms with Gasteiger partial charge in [0, 0.05) is 31.6 Å². The summed E-state index contributed by atoms with van der Waals surface area (Å²) in [6, 6.07) is 15.8. The standard InChI is InChI=1S/C26H33N5O2/c1-18(33-20-11-9-19(10-12-20)26(2,3)4)25(32)31-15-13-30(14-16-31)17-23-28-22-8-6-5-7-21(22)24(27)29-23/h5-12,18H,13-17H2,1-4H3,(H2,27,28,29)/t18-/m0/s1. The molecule has 3 aromatic rings. The summed E-state index contributed by atoms with van der Waals surface area (Å²) in [5.74, 6) is 1.95. The number of hydrogen-bond acceptors (Lipinski definition) is 6. The van der Waals surface area contributed by atoms with Crippen LogP contribution in [0.5, 0.6) is 5.75 Å². The summed E-state index contributed by atoms with van der Waals surface area (Å²) in [4.78, 5) is 26.2. The van der Waals surface area contributed by atoms with Gasteiger partial charge in [0.1, 0.15) is 17.4 Å². The number of ether oxygens (including phenoxy) is 1. The van der Waals surface area contributed by atoms with Gasteiger partial charge in [-0.25, -0.2) is 9.97 Å². The van der Waals surface area contributed by atoms with Gasteiger partial charge in [0.2, 0.25) is 0 Å². The Bertz CT molecular complexity index is 1120. The van der Waals surface area contributed by atoms with Gasteiger partial charge < -0.3 is 15.4 Å². The Morgan fingerprint density at radius 2 is 1.70 bits per heavy atom. The van der Waals surface area contributed by atoms with E-state index in [1.165, 1.54) is 5.56 Å². The molecule has 2 N–H and O–H groups in total. The van der Waals surface area contributed by atoms with Gasteiger partial charge in [-0.15, -0.1) is 0 Å². The third-order valence-electron chi connectivity index (χ3n) is 6.11. The van der Waals surface area contributed by atoms with Gasteiger partial charge >= 0.3 is 0 Å². The number of aromatic nitrogens is 2. The van der Waals surface area contributed by atoms with Gasteiger partial charge in [-0.2, -0.15) is 0 Å². The van der Waals surface area contributed by atoms with Crippen molar-refractivity contribution in [1.29, 1.82) is 0 Å². The van der Waals surface area contributed by atoms with Crippen LogP contribution in [0, 0.1) is 0 Å². The van der Waals surface area contributed by atoms with E-state index in [9.17, 15) is 4.79 Å². The maximum atomic E-state index is 12.9. The van der Waals surface area contributed by atoms with Crippen LogP contribution in [-0.4, -0.2) is 58.0 Å². The number of carbonyl (C=O) groups is 1. The van der Waals surface area contributed by atoms with E-state index in [-0.39, 0.29) is 11.3 Å². The monoisotopic (exact) mass is 447 g/mol. The lowest BCUT2D eigenvalue weighted by molar-refractivity contribution is -0.139. The van der Waals surface area contributed by atoms with Crippen LogP contribution in [0.1, 0.15) is 39.1 Å². The first-order chi connectivity index (χ1) is 15.7. The van der Waals surface area contributed by atoms with E-state index in [0.717, 1.165) is 24.0 Å². The van der Waals surface area contributed by atoms with Crippen LogP contribution < -0.4 is 10.5 Å². The molecule has 2 heterocycles. The number of carbonyl (C=O) groups excluding carboxylic acids is 1. The van der Waals surface area contributed by atoms with Crippen molar-refractivity contribution in [2.45, 2.75) is 45.8 Å². The quantitative estimate of drug-likeness (QED) is 0.643. The van der Waals surface area contributed by atoms with Crippen molar-refractivity contribution in [3.8, 4) is 5.75 Å². The summed E-state index contributed by atoms with van der Waals surface area (Å²) in [7, 11) is 0. The minimum Gasteiger partial charge on any atom is -0.481 e. The number of nitrogens with zero attached hydrogens (tertiary/aromatic N) is 4. The fourth-order valence-corrected chi connectivity index (χ4v) is 4.09. The van der Waals surface area contributed by atoms with Gasteiger partial charge in [-0.1, -0.05) is 45.0 Å². The largest absolute Gasteiger partial charge is 0.481 e. The van der Waals surface area contributed by atoms with Crippen LogP contribution in [0.15, 0.2) is 48.5 Å². The number of piperazine rings is 1. The molecule has 0 bridgehead atoms. The fraction of sp³-hybridized carbons (Fsp3) is 0.423. The second kappa shape index (κ2) is 9.35. The Labute approximate surface area is 195 Å². The lowest BCUT2D eigenvalue weighted by Gasteiger charge is -2.35. The molecule has 1 aliphatic heterocycles. The Morgan fingerprint density at radius 3 is 2.36 bits per heavy atom. The third kappa shape index (κ3) is 5.42. The zero-order valence-electron chi connectivity index (χ0n) is 19.9. The Morgan fingerprint density at radius 1 is 1.03 bits per heavy atom. The second-order valence-corrected chi connectivity index (χ2v) is 9.68. The molecule has 7 heteroatoms. The van der Waals surface area contributed by atoms with Gasteiger partial charge in [-0.3, -0.25) is 9.69 Å². The Balaban J connectivity index is 1.30. The summed E-state index contributed by atoms with van der Waals surface area (Å²) < 4.78 is 5.93. The number of rotatable bonds is 5. The van der Waals surface area contributed by atoms with Gasteiger partial charge in [-0.05, 0) is 42.2 Å². The van der Waals surface area contributed by atoms with Crippen LogP contribution in [-0.2, 0) is 16.8 Å². The van der Waals surface area contributed by atoms with Crippen molar-refractivity contribution in [2.24, 2.45) is 0 Å². The highest BCUT2D eigenvalue weighted by Crippen LogP contribution is 2.25. The van der Waals surface area contributed by atoms with Gasteiger partial charge in [0.25, 0.3) is 5.91 Å². The third-order valence-corrected chi connectivity index (χ3v) is 6.11. The molecule has 2 aromatic carbocycles. The average molecular weight is 448 g/mol. The second-order valence-electron chi connectivity index (χ2n) is 9.68. The van der Waals surface area contributed by atoms with E-state index in [2.05, 4.69) is 47.8 Å². The number of fused-ring (bicyclic) bond motifs is 1. The molecular formula is C26H33N5O2. The minimum absolute atomic E-state index is 0.0146. The molecule has 1 fully saturated rings. The highest BCUT2D eigenvalue weighted by Gasteiger charge is 2.26. The van der Waals surface area contributed by atoms with Crippen LogP contribution in [0.4, 0.5) is 5.82 Å². The topological polar surface area (TPSA) is 84.6 Å². The lowest BCUT2D eigenvalue weighted by atomic mass is 9.87. The molecule has 0 aliphatic carbocycles. The first-order valence-corrected chi connectivity index (χ1v) is 11.5. The molecule has 33 heavy (non-hydrogen) atoms. The minimum atomic E-state index is -0.527. The molecule has 7 nitrogen and oxygen atoms in total. The molecular weight excluding hydrogens is 414 g/mol. The molecule has 4 rings (SSSR count). The molecule has 174 valence electrons. The Kier molecular flexibility index (Phi) is 6.51. The molecule has 1 aromatic heterocycles. The fourth-order valence-electron chi connectivity index (χ4n) is 4.09. The molecule has 1 atom stereocenters. The zero-order chi connectivity index (χ0) is 23.6. The maximum absolute atomic E-state index is 12.9. The van der Waals surface area contributed by atoms with E-state index in [1.807, 2.05) is 48.2 Å². The lowest BCUT2D eigenvalue weighted by Crippen LogP contribution is -2.51. The number of benzene rings is 2. The van der Waals surface area contributed by atoms with E-state index < -0.39 is 6.10 Å². The van der Waals surface area contributed by atoms with E-state index in [0.29, 0.717) is 37.0 Å². The molecule has 0 unspecified atom stereocenters. The van der Waals surface area contributed by atoms with Crippen LogP contribution in [0.25, 0.3) is 10.9 Å². The van der Waals surface area contributed by atoms with Crippen LogP contribution in [0.3, 0.4) is 0 Å². The molecule has 0 radical (unpaired) electrons. The van der Waals surface area contributed by atoms with Crippen molar-refractivity contribution < 1.29 is 9.53 Å². The number of para-hydroxylation sites is 1. The number of nitrogen functional groups attached to an aromatic ring is 1. The van der Waals surface area contributed by atoms with Crippen molar-refractivity contribution in [3.05, 3.63) is 59.9 Å². The molecule has 0 spiro atoms. The molecule has 1 aliphatic rings. The SMILES string of the molecule is C[C@H](Oc1ccc(C(C)(C)C)cc1)C(=O)N1CCN(Cc2nc(N)c3ccccc3n2)CC1. The molecule has 1 amide bonds. The van der Waals surface area contributed by atoms with Crippen molar-refractivity contribution in [2.75, 3.05) is 31.9 Å². The highest BCUT2D eigenvalue weighted by molar-refractivity contribution is 5.87. The number of anilines is 1. The van der Waals surface area contributed by atoms with Crippen molar-refractivity contribution in [1.82, 2.24) is 19.8 Å². The summed E-state index contributed by atoms with van der Waals surface area (Å²) in [6.07, 6.45) is -0.527. The summed E-state index contributed by atoms with van der Waals surface area (Å²) in [6.45, 7) is 11.8. The van der Waals surface area contributed by atoms with Gasteiger partial charge in [0.05, 0.1) is 12.1 Å². The van der Waals surface area contributed by atoms with E-state index >= 15 is 0 Å². The molecule has 1 saturated heterocycles. The van der Waals surface area contributed by atoms with Crippen molar-refractivity contribution >= 4 is 22.6 Å². The first-order valence-electron chi connectivity index (χ1n) is 11.5. The number of amides is 1. The first kappa shape index (κ1) is 23.0. The van der Waals surface area contributed by atoms with E-state index in [1.54, 1.807) is 0 Å².